The molecule has 1 aromatic rings. The maximum atomic E-state index is 11.9. The van der Waals surface area contributed by atoms with Crippen LogP contribution in [0.2, 0.25) is 0 Å². The van der Waals surface area contributed by atoms with Gasteiger partial charge in [0.15, 0.2) is 5.78 Å². The van der Waals surface area contributed by atoms with Crippen molar-refractivity contribution in [2.75, 3.05) is 0 Å². The Morgan fingerprint density at radius 2 is 1.74 bits per heavy atom. The van der Waals surface area contributed by atoms with Crippen molar-refractivity contribution in [3.05, 3.63) is 29.8 Å². The molecule has 0 saturated carbocycles. The fraction of sp³-hybridized carbons (Fsp3) is 0.385. The van der Waals surface area contributed by atoms with Gasteiger partial charge in [0.1, 0.15) is 0 Å². The van der Waals surface area contributed by atoms with E-state index in [-0.39, 0.29) is 17.1 Å². The number of unbranched alkanes of at least 4 members (excludes halogenated alkanes) is 1. The number of benzene rings is 1. The topological polar surface area (TPSA) is 80.3 Å². The summed E-state index contributed by atoms with van der Waals surface area (Å²) in [6.07, 6.45) is 1.65. The summed E-state index contributed by atoms with van der Waals surface area (Å²) in [4.78, 5) is 22.5. The summed E-state index contributed by atoms with van der Waals surface area (Å²) in [5.74, 6) is -0.659. The van der Waals surface area contributed by atoms with Crippen LogP contribution in [0.3, 0.4) is 0 Å². The molecule has 0 heterocycles. The zero-order chi connectivity index (χ0) is 14.5. The van der Waals surface area contributed by atoms with Gasteiger partial charge in [0.25, 0.3) is 10.0 Å². The second-order valence-corrected chi connectivity index (χ2v) is 5.90. The van der Waals surface area contributed by atoms with Crippen LogP contribution in [0.1, 0.15) is 43.5 Å². The third kappa shape index (κ3) is 4.48. The normalized spacial score (nSPS) is 11.1. The smallest absolute Gasteiger partial charge is 0.264 e. The van der Waals surface area contributed by atoms with Crippen LogP contribution in [-0.4, -0.2) is 20.1 Å². The molecule has 0 bridgehead atoms. The molecule has 1 aromatic carbocycles. The molecule has 0 aliphatic heterocycles. The van der Waals surface area contributed by atoms with Crippen molar-refractivity contribution in [2.45, 2.75) is 38.0 Å². The Bertz CT molecular complexity index is 561. The van der Waals surface area contributed by atoms with Crippen molar-refractivity contribution in [2.24, 2.45) is 0 Å². The third-order valence-electron chi connectivity index (χ3n) is 2.58. The minimum atomic E-state index is -3.84. The molecule has 1 N–H and O–H groups in total. The molecule has 0 aliphatic carbocycles. The number of hydrogen-bond donors (Lipinski definition) is 1. The van der Waals surface area contributed by atoms with Gasteiger partial charge in [-0.25, -0.2) is 13.1 Å². The lowest BCUT2D eigenvalue weighted by atomic mass is 10.2. The van der Waals surface area contributed by atoms with E-state index in [2.05, 4.69) is 0 Å². The second kappa shape index (κ2) is 6.47. The quantitative estimate of drug-likeness (QED) is 0.808. The van der Waals surface area contributed by atoms with Gasteiger partial charge in [-0.2, -0.15) is 0 Å². The molecule has 1 amide bonds. The van der Waals surface area contributed by atoms with Crippen LogP contribution in [0.25, 0.3) is 0 Å². The number of sulfonamides is 1. The van der Waals surface area contributed by atoms with E-state index in [1.807, 2.05) is 11.6 Å². The molecule has 0 unspecified atom stereocenters. The minimum absolute atomic E-state index is 0.0256. The van der Waals surface area contributed by atoms with Gasteiger partial charge < -0.3 is 0 Å². The highest BCUT2D eigenvalue weighted by Gasteiger charge is 2.17. The van der Waals surface area contributed by atoms with E-state index in [1.54, 1.807) is 0 Å². The van der Waals surface area contributed by atoms with Gasteiger partial charge >= 0.3 is 0 Å². The zero-order valence-electron chi connectivity index (χ0n) is 11.0. The number of Topliss-reactive ketones (excluding diaryl/α,β-unsaturated/α-hetero) is 1. The first-order valence-electron chi connectivity index (χ1n) is 6.03. The molecule has 5 nitrogen and oxygen atoms in total. The monoisotopic (exact) mass is 283 g/mol. The first kappa shape index (κ1) is 15.4. The van der Waals surface area contributed by atoms with Crippen LogP contribution in [0.5, 0.6) is 0 Å². The summed E-state index contributed by atoms with van der Waals surface area (Å²) in [6, 6.07) is 5.47. The van der Waals surface area contributed by atoms with E-state index in [1.165, 1.54) is 31.2 Å². The van der Waals surface area contributed by atoms with Crippen LogP contribution in [0.15, 0.2) is 29.2 Å². The van der Waals surface area contributed by atoms with E-state index in [9.17, 15) is 18.0 Å². The number of amides is 1. The number of hydrogen-bond acceptors (Lipinski definition) is 4. The van der Waals surface area contributed by atoms with Crippen LogP contribution in [-0.2, 0) is 14.8 Å². The molecule has 19 heavy (non-hydrogen) atoms. The van der Waals surface area contributed by atoms with Crippen LogP contribution in [0.4, 0.5) is 0 Å². The fourth-order valence-corrected chi connectivity index (χ4v) is 2.48. The summed E-state index contributed by atoms with van der Waals surface area (Å²) < 4.78 is 25.7. The van der Waals surface area contributed by atoms with Gasteiger partial charge in [-0.1, -0.05) is 25.5 Å². The molecular weight excluding hydrogens is 266 g/mol. The summed E-state index contributed by atoms with van der Waals surface area (Å²) in [6.45, 7) is 3.32. The Morgan fingerprint density at radius 1 is 1.16 bits per heavy atom. The van der Waals surface area contributed by atoms with E-state index in [0.29, 0.717) is 12.0 Å². The molecule has 6 heteroatoms. The first-order chi connectivity index (χ1) is 8.86. The first-order valence-corrected chi connectivity index (χ1v) is 7.52. The summed E-state index contributed by atoms with van der Waals surface area (Å²) in [5, 5.41) is 0. The highest BCUT2D eigenvalue weighted by atomic mass is 32.2. The average molecular weight is 283 g/mol. The third-order valence-corrected chi connectivity index (χ3v) is 3.97. The molecule has 104 valence electrons. The standard InChI is InChI=1S/C13H17NO4S/c1-3-4-5-13(16)14-19(17,18)12-8-6-11(7-9-12)10(2)15/h6-9H,3-5H2,1-2H3,(H,14,16). The van der Waals surface area contributed by atoms with Gasteiger partial charge in [0, 0.05) is 12.0 Å². The summed E-state index contributed by atoms with van der Waals surface area (Å²) >= 11 is 0. The van der Waals surface area contributed by atoms with Gasteiger partial charge in [-0.15, -0.1) is 0 Å². The average Bonchev–Trinajstić information content (AvgIpc) is 2.36. The van der Waals surface area contributed by atoms with Crippen molar-refractivity contribution < 1.29 is 18.0 Å². The van der Waals surface area contributed by atoms with Gasteiger partial charge in [-0.3, -0.25) is 9.59 Å². The van der Waals surface area contributed by atoms with E-state index in [0.717, 1.165) is 6.42 Å². The van der Waals surface area contributed by atoms with Gasteiger partial charge in [-0.05, 0) is 25.5 Å². The van der Waals surface area contributed by atoms with Crippen molar-refractivity contribution >= 4 is 21.7 Å². The van der Waals surface area contributed by atoms with Gasteiger partial charge in [0.2, 0.25) is 5.91 Å². The second-order valence-electron chi connectivity index (χ2n) is 4.21. The summed E-state index contributed by atoms with van der Waals surface area (Å²) in [7, 11) is -3.84. The SMILES string of the molecule is CCCCC(=O)NS(=O)(=O)c1ccc(C(C)=O)cc1. The van der Waals surface area contributed by atoms with E-state index >= 15 is 0 Å². The van der Waals surface area contributed by atoms with Crippen molar-refractivity contribution in [3.8, 4) is 0 Å². The Kier molecular flexibility index (Phi) is 5.23. The maximum absolute atomic E-state index is 11.9. The molecule has 0 atom stereocenters. The number of nitrogens with one attached hydrogen (secondary N) is 1. The molecule has 0 aromatic heterocycles. The zero-order valence-corrected chi connectivity index (χ0v) is 11.8. The highest BCUT2D eigenvalue weighted by Crippen LogP contribution is 2.11. The number of rotatable bonds is 6. The Balaban J connectivity index is 2.82. The fourth-order valence-electron chi connectivity index (χ4n) is 1.47. The predicted molar refractivity (Wildman–Crippen MR) is 71.3 cm³/mol. The Labute approximate surface area is 113 Å². The molecule has 0 spiro atoms. The van der Waals surface area contributed by atoms with Crippen LogP contribution in [0, 0.1) is 0 Å². The highest BCUT2D eigenvalue weighted by molar-refractivity contribution is 7.90. The van der Waals surface area contributed by atoms with Crippen molar-refractivity contribution in [3.63, 3.8) is 0 Å². The molecule has 0 saturated heterocycles. The Morgan fingerprint density at radius 3 is 2.21 bits per heavy atom. The van der Waals surface area contributed by atoms with E-state index in [4.69, 9.17) is 0 Å². The van der Waals surface area contributed by atoms with Gasteiger partial charge in [0.05, 0.1) is 4.90 Å². The lowest BCUT2D eigenvalue weighted by Gasteiger charge is -2.07. The van der Waals surface area contributed by atoms with Crippen molar-refractivity contribution in [1.82, 2.24) is 4.72 Å². The number of carbonyl (C=O) groups is 2. The molecule has 1 rings (SSSR count). The minimum Gasteiger partial charge on any atom is -0.295 e. The van der Waals surface area contributed by atoms with Crippen molar-refractivity contribution in [1.29, 1.82) is 0 Å². The van der Waals surface area contributed by atoms with Crippen LogP contribution >= 0.6 is 0 Å². The van der Waals surface area contributed by atoms with E-state index < -0.39 is 15.9 Å². The maximum Gasteiger partial charge on any atom is 0.264 e. The van der Waals surface area contributed by atoms with Crippen LogP contribution < -0.4 is 4.72 Å². The molecular formula is C13H17NO4S. The lowest BCUT2D eigenvalue weighted by Crippen LogP contribution is -2.30. The molecule has 0 fully saturated rings. The summed E-state index contributed by atoms with van der Waals surface area (Å²) in [5.41, 5.74) is 0.427. The number of ketones is 1. The predicted octanol–water partition coefficient (Wildman–Crippen LogP) is 1.88. The largest absolute Gasteiger partial charge is 0.295 e. The lowest BCUT2D eigenvalue weighted by molar-refractivity contribution is -0.119. The Hall–Kier alpha value is -1.69. The molecule has 0 radical (unpaired) electrons. The molecule has 0 aliphatic rings. The number of carbonyl (C=O) groups excluding carboxylic acids is 2.